The van der Waals surface area contributed by atoms with E-state index in [9.17, 15) is 9.59 Å². The van der Waals surface area contributed by atoms with Crippen molar-refractivity contribution in [2.75, 3.05) is 19.7 Å². The van der Waals surface area contributed by atoms with Crippen molar-refractivity contribution in [2.45, 2.75) is 19.4 Å². The lowest BCUT2D eigenvalue weighted by molar-refractivity contribution is -0.139. The summed E-state index contributed by atoms with van der Waals surface area (Å²) in [5.41, 5.74) is 0. The number of carbonyl (C=O) groups excluding carboxylic acids is 2. The van der Waals surface area contributed by atoms with E-state index >= 15 is 0 Å². The Labute approximate surface area is 76.8 Å². The van der Waals surface area contributed by atoms with Gasteiger partial charge >= 0.3 is 5.97 Å². The summed E-state index contributed by atoms with van der Waals surface area (Å²) in [6.45, 7) is 3.08. The van der Waals surface area contributed by atoms with E-state index in [2.05, 4.69) is 10.6 Å². The van der Waals surface area contributed by atoms with Crippen LogP contribution in [0.3, 0.4) is 0 Å². The molecule has 5 nitrogen and oxygen atoms in total. The smallest absolute Gasteiger partial charge is 0.323 e. The fourth-order valence-electron chi connectivity index (χ4n) is 1.16. The van der Waals surface area contributed by atoms with E-state index < -0.39 is 0 Å². The Balaban J connectivity index is 2.18. The minimum atomic E-state index is -0.303. The molecule has 0 aromatic carbocycles. The molecular weight excluding hydrogens is 172 g/mol. The predicted octanol–water partition coefficient (Wildman–Crippen LogP) is -0.972. The van der Waals surface area contributed by atoms with Crippen LogP contribution in [0.25, 0.3) is 0 Å². The molecule has 1 rings (SSSR count). The van der Waals surface area contributed by atoms with E-state index in [1.54, 1.807) is 0 Å². The summed E-state index contributed by atoms with van der Waals surface area (Å²) in [6.07, 6.45) is 0.651. The van der Waals surface area contributed by atoms with E-state index in [1.807, 2.05) is 6.92 Å². The zero-order valence-electron chi connectivity index (χ0n) is 7.63. The predicted molar refractivity (Wildman–Crippen MR) is 46.1 cm³/mol. The van der Waals surface area contributed by atoms with Crippen LogP contribution in [-0.4, -0.2) is 37.6 Å². The van der Waals surface area contributed by atoms with Crippen molar-refractivity contribution in [2.24, 2.45) is 0 Å². The molecule has 1 fully saturated rings. The average molecular weight is 186 g/mol. The minimum Gasteiger partial charge on any atom is -0.464 e. The van der Waals surface area contributed by atoms with Gasteiger partial charge in [0.1, 0.15) is 6.04 Å². The van der Waals surface area contributed by atoms with Gasteiger partial charge in [-0.2, -0.15) is 0 Å². The number of cyclic esters (lactones) is 1. The maximum Gasteiger partial charge on any atom is 0.323 e. The molecule has 0 aliphatic carbocycles. The Morgan fingerprint density at radius 1 is 1.69 bits per heavy atom. The van der Waals surface area contributed by atoms with Gasteiger partial charge in [0, 0.05) is 13.0 Å². The van der Waals surface area contributed by atoms with Crippen LogP contribution < -0.4 is 10.6 Å². The zero-order chi connectivity index (χ0) is 9.68. The summed E-state index contributed by atoms with van der Waals surface area (Å²) in [6, 6.07) is -0.303. The summed E-state index contributed by atoms with van der Waals surface area (Å²) >= 11 is 0. The Morgan fingerprint density at radius 3 is 3.00 bits per heavy atom. The number of likely N-dealkylation sites (N-methyl/N-ethyl adjacent to an activating group) is 1. The van der Waals surface area contributed by atoms with Crippen molar-refractivity contribution in [3.63, 3.8) is 0 Å². The van der Waals surface area contributed by atoms with Gasteiger partial charge in [-0.25, -0.2) is 0 Å². The maximum atomic E-state index is 11.0. The van der Waals surface area contributed by atoms with Crippen LogP contribution >= 0.6 is 0 Å². The number of rotatable bonds is 4. The number of carbonyl (C=O) groups is 2. The topological polar surface area (TPSA) is 67.4 Å². The second-order valence-corrected chi connectivity index (χ2v) is 2.84. The molecule has 74 valence electrons. The van der Waals surface area contributed by atoms with Crippen molar-refractivity contribution in [3.8, 4) is 0 Å². The third-order valence-corrected chi connectivity index (χ3v) is 1.82. The van der Waals surface area contributed by atoms with Gasteiger partial charge in [0.05, 0.1) is 13.2 Å². The van der Waals surface area contributed by atoms with Crippen LogP contribution in [0.15, 0.2) is 0 Å². The molecule has 5 heteroatoms. The Hall–Kier alpha value is -1.10. The third kappa shape index (κ3) is 3.02. The molecule has 0 aromatic rings. The van der Waals surface area contributed by atoms with Gasteiger partial charge in [-0.1, -0.05) is 0 Å². The molecule has 0 bridgehead atoms. The van der Waals surface area contributed by atoms with Gasteiger partial charge in [-0.3, -0.25) is 14.9 Å². The lowest BCUT2D eigenvalue weighted by atomic mass is 10.2. The lowest BCUT2D eigenvalue weighted by Crippen LogP contribution is -2.41. The van der Waals surface area contributed by atoms with Crippen molar-refractivity contribution in [3.05, 3.63) is 0 Å². The van der Waals surface area contributed by atoms with Crippen LogP contribution in [-0.2, 0) is 14.3 Å². The first kappa shape index (κ1) is 9.98. The first-order valence-electron chi connectivity index (χ1n) is 4.40. The van der Waals surface area contributed by atoms with E-state index in [-0.39, 0.29) is 24.5 Å². The zero-order valence-corrected chi connectivity index (χ0v) is 7.63. The largest absolute Gasteiger partial charge is 0.464 e. The number of nitrogens with one attached hydrogen (secondary N) is 2. The molecule has 1 aliphatic heterocycles. The number of hydrogen-bond donors (Lipinski definition) is 2. The summed E-state index contributed by atoms with van der Waals surface area (Å²) in [5.74, 6) is -0.355. The highest BCUT2D eigenvalue weighted by Gasteiger charge is 2.25. The van der Waals surface area contributed by atoms with Gasteiger partial charge in [-0.15, -0.1) is 0 Å². The number of esters is 1. The van der Waals surface area contributed by atoms with Gasteiger partial charge < -0.3 is 10.1 Å². The molecule has 1 unspecified atom stereocenters. The second-order valence-electron chi connectivity index (χ2n) is 2.84. The van der Waals surface area contributed by atoms with Crippen molar-refractivity contribution in [1.29, 1.82) is 0 Å². The molecular formula is C8H14N2O3. The van der Waals surface area contributed by atoms with Gasteiger partial charge in [0.2, 0.25) is 5.91 Å². The van der Waals surface area contributed by atoms with Crippen LogP contribution in [0.4, 0.5) is 0 Å². The summed E-state index contributed by atoms with van der Waals surface area (Å²) in [4.78, 5) is 21.9. The van der Waals surface area contributed by atoms with E-state index in [0.717, 1.165) is 0 Å². The van der Waals surface area contributed by atoms with Crippen molar-refractivity contribution < 1.29 is 14.3 Å². The summed E-state index contributed by atoms with van der Waals surface area (Å²) < 4.78 is 4.72. The summed E-state index contributed by atoms with van der Waals surface area (Å²) in [7, 11) is 0. The number of amides is 1. The quantitative estimate of drug-likeness (QED) is 0.554. The fourth-order valence-corrected chi connectivity index (χ4v) is 1.16. The van der Waals surface area contributed by atoms with Gasteiger partial charge in [0.25, 0.3) is 0 Å². The molecule has 0 spiro atoms. The highest BCUT2D eigenvalue weighted by molar-refractivity contribution is 5.81. The van der Waals surface area contributed by atoms with E-state index in [0.29, 0.717) is 19.6 Å². The van der Waals surface area contributed by atoms with Crippen molar-refractivity contribution in [1.82, 2.24) is 10.6 Å². The van der Waals surface area contributed by atoms with Crippen molar-refractivity contribution >= 4 is 11.9 Å². The molecule has 1 saturated heterocycles. The molecule has 1 heterocycles. The van der Waals surface area contributed by atoms with E-state index in [4.69, 9.17) is 4.74 Å². The molecule has 0 radical (unpaired) electrons. The molecule has 1 amide bonds. The van der Waals surface area contributed by atoms with Crippen LogP contribution in [0, 0.1) is 0 Å². The Kier molecular flexibility index (Phi) is 3.70. The van der Waals surface area contributed by atoms with Gasteiger partial charge in [0.15, 0.2) is 0 Å². The molecule has 0 aromatic heterocycles. The monoisotopic (exact) mass is 186 g/mol. The average Bonchev–Trinajstić information content (AvgIpc) is 2.48. The fraction of sp³-hybridized carbons (Fsp3) is 0.750. The first-order chi connectivity index (χ1) is 6.24. The second kappa shape index (κ2) is 4.81. The molecule has 1 aliphatic rings. The molecule has 2 N–H and O–H groups in total. The van der Waals surface area contributed by atoms with Crippen LogP contribution in [0.2, 0.25) is 0 Å². The summed E-state index contributed by atoms with van der Waals surface area (Å²) in [5, 5.41) is 5.46. The third-order valence-electron chi connectivity index (χ3n) is 1.82. The lowest BCUT2D eigenvalue weighted by Gasteiger charge is -2.07. The van der Waals surface area contributed by atoms with Gasteiger partial charge in [-0.05, 0) is 6.92 Å². The molecule has 13 heavy (non-hydrogen) atoms. The van der Waals surface area contributed by atoms with Crippen LogP contribution in [0.1, 0.15) is 13.3 Å². The Bertz CT molecular complexity index is 206. The first-order valence-corrected chi connectivity index (χ1v) is 4.40. The highest BCUT2D eigenvalue weighted by atomic mass is 16.5. The van der Waals surface area contributed by atoms with Crippen LogP contribution in [0.5, 0.6) is 0 Å². The normalized spacial score (nSPS) is 21.3. The maximum absolute atomic E-state index is 11.0. The molecule has 1 atom stereocenters. The SMILES string of the molecule is CCNC(=O)CNC1CCOC1=O. The molecule has 0 saturated carbocycles. The standard InChI is InChI=1S/C8H14N2O3/c1-2-9-7(11)5-10-6-3-4-13-8(6)12/h6,10H,2-5H2,1H3,(H,9,11). The Morgan fingerprint density at radius 2 is 2.46 bits per heavy atom. The minimum absolute atomic E-state index is 0.0952. The number of hydrogen-bond acceptors (Lipinski definition) is 4. The number of ether oxygens (including phenoxy) is 1. The highest BCUT2D eigenvalue weighted by Crippen LogP contribution is 2.04. The van der Waals surface area contributed by atoms with E-state index in [1.165, 1.54) is 0 Å².